The minimum absolute atomic E-state index is 0.240. The maximum absolute atomic E-state index is 11.4. The van der Waals surface area contributed by atoms with E-state index >= 15 is 0 Å². The molecule has 0 heterocycles. The Morgan fingerprint density at radius 1 is 1.57 bits per heavy atom. The molecule has 0 aliphatic rings. The Labute approximate surface area is 91.7 Å². The summed E-state index contributed by atoms with van der Waals surface area (Å²) in [6.07, 6.45) is 1.54. The van der Waals surface area contributed by atoms with E-state index in [9.17, 15) is 4.79 Å². The van der Waals surface area contributed by atoms with Crippen LogP contribution >= 0.6 is 15.9 Å². The summed E-state index contributed by atoms with van der Waals surface area (Å²) < 4.78 is 5.79. The number of hydrogen-bond acceptors (Lipinski definition) is 2. The number of benzene rings is 1. The smallest absolute Gasteiger partial charge is 0.338 e. The topological polar surface area (TPSA) is 26.3 Å². The quantitative estimate of drug-likeness (QED) is 0.612. The third-order valence-electron chi connectivity index (χ3n) is 1.61. The summed E-state index contributed by atoms with van der Waals surface area (Å²) in [5.74, 6) is -0.325. The van der Waals surface area contributed by atoms with Crippen molar-refractivity contribution in [2.45, 2.75) is 6.92 Å². The van der Waals surface area contributed by atoms with Crippen molar-refractivity contribution in [3.63, 3.8) is 0 Å². The molecule has 0 bridgehead atoms. The molecule has 0 aromatic heterocycles. The van der Waals surface area contributed by atoms with Crippen LogP contribution in [0.1, 0.15) is 15.9 Å². The SMILES string of the molecule is C=CCOC(=O)c1cc(C)cc(Br)c1. The number of esters is 1. The van der Waals surface area contributed by atoms with Crippen molar-refractivity contribution in [1.29, 1.82) is 0 Å². The van der Waals surface area contributed by atoms with Gasteiger partial charge >= 0.3 is 5.97 Å². The maximum atomic E-state index is 11.4. The molecule has 0 saturated heterocycles. The van der Waals surface area contributed by atoms with Crippen molar-refractivity contribution >= 4 is 21.9 Å². The standard InChI is InChI=1S/C11H11BrO2/c1-3-4-14-11(13)9-5-8(2)6-10(12)7-9/h3,5-7H,1,4H2,2H3. The van der Waals surface area contributed by atoms with Gasteiger partial charge in [0.15, 0.2) is 0 Å². The largest absolute Gasteiger partial charge is 0.458 e. The molecule has 0 radical (unpaired) electrons. The molecule has 0 unspecified atom stereocenters. The molecule has 0 atom stereocenters. The third-order valence-corrected chi connectivity index (χ3v) is 2.07. The minimum Gasteiger partial charge on any atom is -0.458 e. The van der Waals surface area contributed by atoms with Crippen LogP contribution in [0.25, 0.3) is 0 Å². The van der Waals surface area contributed by atoms with E-state index in [1.165, 1.54) is 0 Å². The van der Waals surface area contributed by atoms with Crippen LogP contribution in [0.4, 0.5) is 0 Å². The summed E-state index contributed by atoms with van der Waals surface area (Å²) in [7, 11) is 0. The van der Waals surface area contributed by atoms with Gasteiger partial charge in [0.05, 0.1) is 5.56 Å². The highest BCUT2D eigenvalue weighted by Gasteiger charge is 2.07. The number of ether oxygens (including phenoxy) is 1. The average molecular weight is 255 g/mol. The minimum atomic E-state index is -0.325. The molecule has 1 aromatic rings. The van der Waals surface area contributed by atoms with Gasteiger partial charge in [-0.25, -0.2) is 4.79 Å². The fourth-order valence-corrected chi connectivity index (χ4v) is 1.68. The Morgan fingerprint density at radius 2 is 2.29 bits per heavy atom. The molecule has 0 fully saturated rings. The summed E-state index contributed by atoms with van der Waals surface area (Å²) >= 11 is 3.32. The highest BCUT2D eigenvalue weighted by atomic mass is 79.9. The Bertz CT molecular complexity index is 338. The van der Waals surface area contributed by atoms with Crippen LogP contribution in [0.3, 0.4) is 0 Å². The van der Waals surface area contributed by atoms with E-state index in [0.29, 0.717) is 5.56 Å². The van der Waals surface area contributed by atoms with Crippen LogP contribution in [-0.2, 0) is 4.74 Å². The Balaban J connectivity index is 2.84. The van der Waals surface area contributed by atoms with Gasteiger partial charge < -0.3 is 4.74 Å². The molecule has 0 aliphatic heterocycles. The number of halogens is 1. The summed E-state index contributed by atoms with van der Waals surface area (Å²) in [5, 5.41) is 0. The van der Waals surface area contributed by atoms with Gasteiger partial charge in [-0.1, -0.05) is 28.6 Å². The summed E-state index contributed by atoms with van der Waals surface area (Å²) in [6, 6.07) is 5.46. The van der Waals surface area contributed by atoms with Crippen LogP contribution < -0.4 is 0 Å². The predicted molar refractivity (Wildman–Crippen MR) is 59.4 cm³/mol. The predicted octanol–water partition coefficient (Wildman–Crippen LogP) is 3.10. The molecule has 14 heavy (non-hydrogen) atoms. The second-order valence-electron chi connectivity index (χ2n) is 2.90. The molecular formula is C11H11BrO2. The lowest BCUT2D eigenvalue weighted by molar-refractivity contribution is 0.0549. The zero-order valence-electron chi connectivity index (χ0n) is 7.92. The molecular weight excluding hydrogens is 244 g/mol. The Hall–Kier alpha value is -1.09. The van der Waals surface area contributed by atoms with Gasteiger partial charge in [0.2, 0.25) is 0 Å². The van der Waals surface area contributed by atoms with Crippen LogP contribution in [0.5, 0.6) is 0 Å². The van der Waals surface area contributed by atoms with Gasteiger partial charge in [-0.2, -0.15) is 0 Å². The first kappa shape index (κ1) is 11.0. The van der Waals surface area contributed by atoms with Gasteiger partial charge in [-0.3, -0.25) is 0 Å². The lowest BCUT2D eigenvalue weighted by atomic mass is 10.1. The molecule has 1 aromatic carbocycles. The van der Waals surface area contributed by atoms with Crippen LogP contribution in [0.2, 0.25) is 0 Å². The lowest BCUT2D eigenvalue weighted by Crippen LogP contribution is -2.05. The molecule has 74 valence electrons. The van der Waals surface area contributed by atoms with Gasteiger partial charge in [0.25, 0.3) is 0 Å². The summed E-state index contributed by atoms with van der Waals surface area (Å²) in [4.78, 5) is 11.4. The van der Waals surface area contributed by atoms with Crippen LogP contribution in [0.15, 0.2) is 35.3 Å². The molecule has 0 aliphatic carbocycles. The summed E-state index contributed by atoms with van der Waals surface area (Å²) in [6.45, 7) is 5.64. The monoisotopic (exact) mass is 254 g/mol. The van der Waals surface area contributed by atoms with E-state index in [4.69, 9.17) is 4.74 Å². The summed E-state index contributed by atoms with van der Waals surface area (Å²) in [5.41, 5.74) is 1.57. The van der Waals surface area contributed by atoms with E-state index in [-0.39, 0.29) is 12.6 Å². The second kappa shape index (κ2) is 4.96. The number of rotatable bonds is 3. The second-order valence-corrected chi connectivity index (χ2v) is 3.82. The molecule has 1 rings (SSSR count). The van der Waals surface area contributed by atoms with E-state index in [0.717, 1.165) is 10.0 Å². The Morgan fingerprint density at radius 3 is 2.86 bits per heavy atom. The van der Waals surface area contributed by atoms with Crippen LogP contribution in [0, 0.1) is 6.92 Å². The van der Waals surface area contributed by atoms with Crippen molar-refractivity contribution in [1.82, 2.24) is 0 Å². The van der Waals surface area contributed by atoms with Crippen molar-refractivity contribution in [2.75, 3.05) is 6.61 Å². The van der Waals surface area contributed by atoms with Crippen molar-refractivity contribution in [3.8, 4) is 0 Å². The fourth-order valence-electron chi connectivity index (χ4n) is 1.07. The molecule has 0 amide bonds. The van der Waals surface area contributed by atoms with Gasteiger partial charge in [-0.15, -0.1) is 0 Å². The zero-order chi connectivity index (χ0) is 10.6. The van der Waals surface area contributed by atoms with Crippen molar-refractivity contribution < 1.29 is 9.53 Å². The first-order valence-corrected chi connectivity index (χ1v) is 4.98. The average Bonchev–Trinajstić information content (AvgIpc) is 2.12. The number of aryl methyl sites for hydroxylation is 1. The third kappa shape index (κ3) is 3.00. The Kier molecular flexibility index (Phi) is 3.89. The van der Waals surface area contributed by atoms with E-state index in [1.807, 2.05) is 13.0 Å². The molecule has 0 saturated carbocycles. The highest BCUT2D eigenvalue weighted by molar-refractivity contribution is 9.10. The zero-order valence-corrected chi connectivity index (χ0v) is 9.50. The lowest BCUT2D eigenvalue weighted by Gasteiger charge is -2.03. The van der Waals surface area contributed by atoms with Crippen molar-refractivity contribution in [3.05, 3.63) is 46.5 Å². The molecule has 0 N–H and O–H groups in total. The number of carbonyl (C=O) groups is 1. The van der Waals surface area contributed by atoms with E-state index in [1.54, 1.807) is 18.2 Å². The van der Waals surface area contributed by atoms with Gasteiger partial charge in [0.1, 0.15) is 6.61 Å². The fraction of sp³-hybridized carbons (Fsp3) is 0.182. The normalized spacial score (nSPS) is 9.57. The van der Waals surface area contributed by atoms with Gasteiger partial charge in [-0.05, 0) is 30.7 Å². The highest BCUT2D eigenvalue weighted by Crippen LogP contribution is 2.15. The van der Waals surface area contributed by atoms with Crippen LogP contribution in [-0.4, -0.2) is 12.6 Å². The molecule has 2 nitrogen and oxygen atoms in total. The first-order chi connectivity index (χ1) is 6.63. The van der Waals surface area contributed by atoms with Gasteiger partial charge in [0, 0.05) is 4.47 Å². The number of hydrogen-bond donors (Lipinski definition) is 0. The van der Waals surface area contributed by atoms with E-state index < -0.39 is 0 Å². The molecule has 0 spiro atoms. The van der Waals surface area contributed by atoms with E-state index in [2.05, 4.69) is 22.5 Å². The maximum Gasteiger partial charge on any atom is 0.338 e. The molecule has 3 heteroatoms. The van der Waals surface area contributed by atoms with Crippen molar-refractivity contribution in [2.24, 2.45) is 0 Å². The number of carbonyl (C=O) groups excluding carboxylic acids is 1. The first-order valence-electron chi connectivity index (χ1n) is 4.18.